The quantitative estimate of drug-likeness (QED) is 0.296. The molecule has 8 nitrogen and oxygen atoms in total. The fourth-order valence-electron chi connectivity index (χ4n) is 4.83. The molecule has 0 bridgehead atoms. The maximum atomic E-state index is 15.6. The molecule has 0 radical (unpaired) electrons. The number of methoxy groups -OCH3 is 1. The molecular formula is C30H30F2N4O4. The van der Waals surface area contributed by atoms with Crippen molar-refractivity contribution in [2.24, 2.45) is 5.92 Å². The highest BCUT2D eigenvalue weighted by atomic mass is 19.1. The molecule has 1 saturated carbocycles. The molecule has 2 heterocycles. The molecule has 1 aliphatic carbocycles. The molecule has 5 rings (SSSR count). The Morgan fingerprint density at radius 2 is 1.77 bits per heavy atom. The Morgan fingerprint density at radius 1 is 1.07 bits per heavy atom. The molecule has 208 valence electrons. The molecule has 10 heteroatoms. The van der Waals surface area contributed by atoms with Gasteiger partial charge in [0.25, 0.3) is 5.91 Å². The van der Waals surface area contributed by atoms with Gasteiger partial charge in [-0.1, -0.05) is 0 Å². The Bertz CT molecular complexity index is 1600. The van der Waals surface area contributed by atoms with Gasteiger partial charge in [0.15, 0.2) is 5.82 Å². The summed E-state index contributed by atoms with van der Waals surface area (Å²) in [5.41, 5.74) is -1.57. The number of aryl methyl sites for hydroxylation is 1. The van der Waals surface area contributed by atoms with Gasteiger partial charge in [-0.05, 0) is 88.1 Å². The van der Waals surface area contributed by atoms with Gasteiger partial charge >= 0.3 is 0 Å². The highest BCUT2D eigenvalue weighted by Gasteiger charge is 2.47. The van der Waals surface area contributed by atoms with Gasteiger partial charge < -0.3 is 20.3 Å². The van der Waals surface area contributed by atoms with E-state index in [9.17, 15) is 19.4 Å². The van der Waals surface area contributed by atoms with Crippen LogP contribution in [0.4, 0.5) is 8.78 Å². The zero-order chi connectivity index (χ0) is 28.8. The van der Waals surface area contributed by atoms with Gasteiger partial charge in [-0.3, -0.25) is 4.79 Å². The summed E-state index contributed by atoms with van der Waals surface area (Å²) < 4.78 is 34.6. The zero-order valence-corrected chi connectivity index (χ0v) is 22.6. The Hall–Kier alpha value is -4.02. The number of benzene rings is 2. The molecule has 0 unspecified atom stereocenters. The minimum Gasteiger partial charge on any atom is -0.494 e. The van der Waals surface area contributed by atoms with Crippen LogP contribution in [0.25, 0.3) is 22.2 Å². The number of carbonyl (C=O) groups is 1. The molecule has 40 heavy (non-hydrogen) atoms. The van der Waals surface area contributed by atoms with Gasteiger partial charge in [0.2, 0.25) is 0 Å². The van der Waals surface area contributed by atoms with E-state index in [2.05, 4.69) is 20.5 Å². The largest absolute Gasteiger partial charge is 0.494 e. The van der Waals surface area contributed by atoms with Crippen LogP contribution in [0.15, 0.2) is 48.5 Å². The van der Waals surface area contributed by atoms with Crippen LogP contribution in [0.1, 0.15) is 54.0 Å². The number of aliphatic hydroxyl groups is 2. The smallest absolute Gasteiger partial charge is 0.251 e. The van der Waals surface area contributed by atoms with Crippen molar-refractivity contribution in [1.29, 1.82) is 0 Å². The first-order chi connectivity index (χ1) is 18.9. The second-order valence-corrected chi connectivity index (χ2v) is 10.8. The Labute approximate surface area is 230 Å². The summed E-state index contributed by atoms with van der Waals surface area (Å²) >= 11 is 0. The molecule has 0 aliphatic heterocycles. The fourth-order valence-corrected chi connectivity index (χ4v) is 4.83. The van der Waals surface area contributed by atoms with Crippen LogP contribution in [0, 0.1) is 24.5 Å². The molecule has 1 atom stereocenters. The molecule has 0 spiro atoms. The van der Waals surface area contributed by atoms with Crippen LogP contribution in [-0.2, 0) is 11.2 Å². The lowest BCUT2D eigenvalue weighted by atomic mass is 9.87. The first kappa shape index (κ1) is 27.5. The van der Waals surface area contributed by atoms with Gasteiger partial charge in [0, 0.05) is 22.1 Å². The fraction of sp³-hybridized carbons (Fsp3) is 0.333. The monoisotopic (exact) mass is 548 g/mol. The lowest BCUT2D eigenvalue weighted by Crippen LogP contribution is -2.43. The highest BCUT2D eigenvalue weighted by Crippen LogP contribution is 2.46. The molecule has 3 N–H and O–H groups in total. The SMILES string of the molecule is COc1cc(C(=O)NC[C@@](O)(c2cc(C(C)(C)O)c(F)c(-c3ccc(F)cc3)n2)C2CC2)cc2cc(C)nnc12. The second-order valence-electron chi connectivity index (χ2n) is 10.8. The van der Waals surface area contributed by atoms with E-state index in [0.29, 0.717) is 40.8 Å². The minimum atomic E-state index is -1.65. The molecule has 1 aliphatic rings. The maximum absolute atomic E-state index is 15.6. The van der Waals surface area contributed by atoms with Gasteiger partial charge in [-0.2, -0.15) is 5.10 Å². The molecule has 0 saturated heterocycles. The molecule has 2 aromatic heterocycles. The van der Waals surface area contributed by atoms with Crippen LogP contribution in [0.3, 0.4) is 0 Å². The van der Waals surface area contributed by atoms with Crippen molar-refractivity contribution in [2.75, 3.05) is 13.7 Å². The number of hydrogen-bond acceptors (Lipinski definition) is 7. The predicted molar refractivity (Wildman–Crippen MR) is 145 cm³/mol. The van der Waals surface area contributed by atoms with E-state index in [-0.39, 0.29) is 35.0 Å². The predicted octanol–water partition coefficient (Wildman–Crippen LogP) is 4.54. The summed E-state index contributed by atoms with van der Waals surface area (Å²) in [6.45, 7) is 4.44. The first-order valence-corrected chi connectivity index (χ1v) is 12.9. The van der Waals surface area contributed by atoms with Crippen LogP contribution in [0.2, 0.25) is 0 Å². The van der Waals surface area contributed by atoms with E-state index < -0.39 is 28.7 Å². The summed E-state index contributed by atoms with van der Waals surface area (Å²) in [6.07, 6.45) is 1.35. The Balaban J connectivity index is 1.52. The van der Waals surface area contributed by atoms with Crippen molar-refractivity contribution in [3.8, 4) is 17.0 Å². The van der Waals surface area contributed by atoms with Crippen molar-refractivity contribution in [3.63, 3.8) is 0 Å². The van der Waals surface area contributed by atoms with Crippen molar-refractivity contribution in [1.82, 2.24) is 20.5 Å². The topological polar surface area (TPSA) is 117 Å². The number of amides is 1. The lowest BCUT2D eigenvalue weighted by molar-refractivity contribution is 0.00864. The second kappa shape index (κ2) is 10.2. The third-order valence-corrected chi connectivity index (χ3v) is 7.21. The zero-order valence-electron chi connectivity index (χ0n) is 22.6. The summed E-state index contributed by atoms with van der Waals surface area (Å²) in [7, 11) is 1.48. The number of aromatic nitrogens is 3. The number of hydrogen-bond donors (Lipinski definition) is 3. The number of nitrogens with zero attached hydrogens (tertiary/aromatic N) is 3. The number of nitrogens with one attached hydrogen (secondary N) is 1. The van der Waals surface area contributed by atoms with Gasteiger partial charge in [0.05, 0.1) is 30.6 Å². The van der Waals surface area contributed by atoms with E-state index in [1.54, 1.807) is 25.1 Å². The number of fused-ring (bicyclic) bond motifs is 1. The Kier molecular flexibility index (Phi) is 7.01. The number of carbonyl (C=O) groups excluding carboxylic acids is 1. The summed E-state index contributed by atoms with van der Waals surface area (Å²) in [6, 6.07) is 11.5. The average molecular weight is 549 g/mol. The van der Waals surface area contributed by atoms with Crippen LogP contribution >= 0.6 is 0 Å². The molecular weight excluding hydrogens is 518 g/mol. The molecule has 2 aromatic carbocycles. The number of ether oxygens (including phenoxy) is 1. The highest BCUT2D eigenvalue weighted by molar-refractivity contribution is 5.99. The number of halogens is 2. The van der Waals surface area contributed by atoms with Gasteiger partial charge in [-0.15, -0.1) is 5.10 Å². The summed E-state index contributed by atoms with van der Waals surface area (Å²) in [4.78, 5) is 17.8. The van der Waals surface area contributed by atoms with Crippen LogP contribution < -0.4 is 10.1 Å². The third kappa shape index (κ3) is 5.24. The number of pyridine rings is 1. The van der Waals surface area contributed by atoms with E-state index in [1.807, 2.05) is 0 Å². The van der Waals surface area contributed by atoms with Gasteiger partial charge in [-0.25, -0.2) is 13.8 Å². The molecule has 1 amide bonds. The summed E-state index contributed by atoms with van der Waals surface area (Å²) in [5.74, 6) is -1.59. The summed E-state index contributed by atoms with van der Waals surface area (Å²) in [5, 5.41) is 34.4. The first-order valence-electron chi connectivity index (χ1n) is 12.9. The maximum Gasteiger partial charge on any atom is 0.251 e. The Morgan fingerprint density at radius 3 is 2.40 bits per heavy atom. The van der Waals surface area contributed by atoms with Crippen molar-refractivity contribution in [3.05, 3.63) is 82.7 Å². The molecule has 4 aromatic rings. The van der Waals surface area contributed by atoms with Crippen molar-refractivity contribution < 1.29 is 28.5 Å². The normalized spacial score (nSPS) is 15.1. The minimum absolute atomic E-state index is 0.0713. The van der Waals surface area contributed by atoms with Crippen LogP contribution in [0.5, 0.6) is 5.75 Å². The van der Waals surface area contributed by atoms with Gasteiger partial charge in [0.1, 0.15) is 28.4 Å². The van der Waals surface area contributed by atoms with E-state index >= 15 is 4.39 Å². The third-order valence-electron chi connectivity index (χ3n) is 7.21. The number of rotatable bonds is 8. The average Bonchev–Trinajstić information content (AvgIpc) is 3.77. The van der Waals surface area contributed by atoms with E-state index in [1.165, 1.54) is 51.3 Å². The van der Waals surface area contributed by atoms with E-state index in [0.717, 1.165) is 0 Å². The standard InChI is InChI=1S/C30H30F2N4O4/c1-16-11-18-12-19(13-23(40-4)26(18)36-35-16)28(37)33-15-30(39,20-7-8-20)24-14-22(29(2,3)38)25(32)27(34-24)17-5-9-21(31)10-6-17/h5-6,9-14,20,38-39H,7-8,15H2,1-4H3,(H,33,37)/t30-/m0/s1. The lowest BCUT2D eigenvalue weighted by Gasteiger charge is -2.30. The van der Waals surface area contributed by atoms with Crippen molar-refractivity contribution in [2.45, 2.75) is 44.8 Å². The van der Waals surface area contributed by atoms with Crippen LogP contribution in [-0.4, -0.2) is 45.0 Å². The van der Waals surface area contributed by atoms with Crippen molar-refractivity contribution >= 4 is 16.8 Å². The van der Waals surface area contributed by atoms with E-state index in [4.69, 9.17) is 4.74 Å². The molecule has 1 fully saturated rings.